The third kappa shape index (κ3) is 2.25. The van der Waals surface area contributed by atoms with Crippen LogP contribution in [0.1, 0.15) is 12.0 Å². The molecule has 1 saturated heterocycles. The average Bonchev–Trinajstić information content (AvgIpc) is 2.68. The highest BCUT2D eigenvalue weighted by molar-refractivity contribution is 6.06. The molecule has 6 heteroatoms. The highest BCUT2D eigenvalue weighted by Crippen LogP contribution is 2.26. The van der Waals surface area contributed by atoms with E-state index >= 15 is 0 Å². The van der Waals surface area contributed by atoms with E-state index in [4.69, 9.17) is 10.00 Å². The molecule has 0 radical (unpaired) electrons. The molecule has 1 aliphatic rings. The van der Waals surface area contributed by atoms with Crippen LogP contribution >= 0.6 is 0 Å². The van der Waals surface area contributed by atoms with Crippen LogP contribution in [-0.4, -0.2) is 25.0 Å². The molecule has 1 aromatic rings. The number of carbonyl (C=O) groups excluding carboxylic acids is 2. The van der Waals surface area contributed by atoms with E-state index in [2.05, 4.69) is 10.6 Å². The Morgan fingerprint density at radius 3 is 2.83 bits per heavy atom. The van der Waals surface area contributed by atoms with Gasteiger partial charge in [0.2, 0.25) is 11.8 Å². The molecule has 0 bridgehead atoms. The first kappa shape index (κ1) is 11.9. The molecule has 92 valence electrons. The summed E-state index contributed by atoms with van der Waals surface area (Å²) < 4.78 is 5.13. The van der Waals surface area contributed by atoms with Crippen molar-refractivity contribution in [3.63, 3.8) is 0 Å². The van der Waals surface area contributed by atoms with Crippen LogP contribution in [0.2, 0.25) is 0 Å². The van der Waals surface area contributed by atoms with Crippen molar-refractivity contribution < 1.29 is 14.3 Å². The fourth-order valence-corrected chi connectivity index (χ4v) is 1.74. The van der Waals surface area contributed by atoms with Gasteiger partial charge in [0.15, 0.2) is 0 Å². The minimum atomic E-state index is -0.598. The van der Waals surface area contributed by atoms with Gasteiger partial charge < -0.3 is 10.1 Å². The van der Waals surface area contributed by atoms with E-state index in [0.29, 0.717) is 17.0 Å². The first-order valence-corrected chi connectivity index (χ1v) is 5.32. The Labute approximate surface area is 104 Å². The molecule has 0 aliphatic carbocycles. The number of nitrogens with one attached hydrogen (secondary N) is 2. The smallest absolute Gasteiger partial charge is 0.249 e. The van der Waals surface area contributed by atoms with Crippen LogP contribution in [0, 0.1) is 11.3 Å². The summed E-state index contributed by atoms with van der Waals surface area (Å²) in [4.78, 5) is 22.5. The van der Waals surface area contributed by atoms with Gasteiger partial charge in [0.1, 0.15) is 11.8 Å². The van der Waals surface area contributed by atoms with Crippen LogP contribution < -0.4 is 15.4 Å². The molecule has 0 saturated carbocycles. The van der Waals surface area contributed by atoms with Gasteiger partial charge >= 0.3 is 0 Å². The van der Waals surface area contributed by atoms with Crippen LogP contribution in [0.25, 0.3) is 0 Å². The van der Waals surface area contributed by atoms with Crippen molar-refractivity contribution in [3.8, 4) is 11.8 Å². The largest absolute Gasteiger partial charge is 0.495 e. The SMILES string of the molecule is COc1cc(C#N)ccc1NC1CC(=O)NC1=O. The maximum absolute atomic E-state index is 11.4. The molecule has 1 atom stereocenters. The number of methoxy groups -OCH3 is 1. The Kier molecular flexibility index (Phi) is 3.15. The summed E-state index contributed by atoms with van der Waals surface area (Å²) in [5.74, 6) is -0.197. The van der Waals surface area contributed by atoms with E-state index in [1.165, 1.54) is 7.11 Å². The van der Waals surface area contributed by atoms with Gasteiger partial charge in [-0.25, -0.2) is 0 Å². The highest BCUT2D eigenvalue weighted by atomic mass is 16.5. The summed E-state index contributed by atoms with van der Waals surface area (Å²) in [6.45, 7) is 0. The summed E-state index contributed by atoms with van der Waals surface area (Å²) in [7, 11) is 1.47. The van der Waals surface area contributed by atoms with Crippen LogP contribution in [0.5, 0.6) is 5.75 Å². The minimum absolute atomic E-state index is 0.0992. The van der Waals surface area contributed by atoms with E-state index in [0.717, 1.165) is 0 Å². The van der Waals surface area contributed by atoms with Gasteiger partial charge in [-0.3, -0.25) is 14.9 Å². The van der Waals surface area contributed by atoms with Crippen LogP contribution in [-0.2, 0) is 9.59 Å². The van der Waals surface area contributed by atoms with Gasteiger partial charge in [-0.05, 0) is 12.1 Å². The van der Waals surface area contributed by atoms with Crippen LogP contribution in [0.3, 0.4) is 0 Å². The van der Waals surface area contributed by atoms with Crippen molar-refractivity contribution in [1.29, 1.82) is 5.26 Å². The van der Waals surface area contributed by atoms with Crippen LogP contribution in [0.15, 0.2) is 18.2 Å². The third-order valence-electron chi connectivity index (χ3n) is 2.63. The number of carbonyl (C=O) groups is 2. The number of imide groups is 1. The second-order valence-corrected chi connectivity index (χ2v) is 3.84. The lowest BCUT2D eigenvalue weighted by molar-refractivity contribution is -0.124. The molecule has 0 aromatic heterocycles. The number of hydrogen-bond acceptors (Lipinski definition) is 5. The molecule has 1 fully saturated rings. The average molecular weight is 245 g/mol. The molecule has 2 N–H and O–H groups in total. The van der Waals surface area contributed by atoms with Gasteiger partial charge in [0.25, 0.3) is 0 Å². The second kappa shape index (κ2) is 4.75. The van der Waals surface area contributed by atoms with E-state index in [1.54, 1.807) is 18.2 Å². The molecule has 1 aromatic carbocycles. The zero-order chi connectivity index (χ0) is 13.1. The molecule has 18 heavy (non-hydrogen) atoms. The number of rotatable bonds is 3. The Morgan fingerprint density at radius 1 is 1.50 bits per heavy atom. The van der Waals surface area contributed by atoms with Crippen molar-refractivity contribution in [2.45, 2.75) is 12.5 Å². The predicted octanol–water partition coefficient (Wildman–Crippen LogP) is 0.394. The predicted molar refractivity (Wildman–Crippen MR) is 62.9 cm³/mol. The number of benzene rings is 1. The monoisotopic (exact) mass is 245 g/mol. The molecule has 1 unspecified atom stereocenters. The topological polar surface area (TPSA) is 91.2 Å². The normalized spacial score (nSPS) is 18.1. The van der Waals surface area contributed by atoms with E-state index in [1.807, 2.05) is 6.07 Å². The van der Waals surface area contributed by atoms with Gasteiger partial charge in [-0.1, -0.05) is 0 Å². The molecule has 2 rings (SSSR count). The summed E-state index contributed by atoms with van der Waals surface area (Å²) in [5, 5.41) is 13.9. The number of anilines is 1. The maximum atomic E-state index is 11.4. The molecule has 2 amide bonds. The molecule has 6 nitrogen and oxygen atoms in total. The number of ether oxygens (including phenoxy) is 1. The van der Waals surface area contributed by atoms with Gasteiger partial charge in [0, 0.05) is 6.07 Å². The Hall–Kier alpha value is -2.55. The Morgan fingerprint density at radius 2 is 2.28 bits per heavy atom. The van der Waals surface area contributed by atoms with Crippen molar-refractivity contribution >= 4 is 17.5 Å². The molecule has 1 heterocycles. The number of amides is 2. The van der Waals surface area contributed by atoms with Crippen molar-refractivity contribution in [2.24, 2.45) is 0 Å². The summed E-state index contributed by atoms with van der Waals surface area (Å²) in [6, 6.07) is 6.22. The fourth-order valence-electron chi connectivity index (χ4n) is 1.74. The lowest BCUT2D eigenvalue weighted by atomic mass is 10.1. The molecule has 0 spiro atoms. The van der Waals surface area contributed by atoms with Gasteiger partial charge in [-0.15, -0.1) is 0 Å². The Balaban J connectivity index is 2.22. The number of nitriles is 1. The molecule has 1 aliphatic heterocycles. The van der Waals surface area contributed by atoms with Gasteiger partial charge in [0.05, 0.1) is 30.9 Å². The quantitative estimate of drug-likeness (QED) is 0.752. The minimum Gasteiger partial charge on any atom is -0.495 e. The van der Waals surface area contributed by atoms with Gasteiger partial charge in [-0.2, -0.15) is 5.26 Å². The first-order chi connectivity index (χ1) is 8.63. The zero-order valence-electron chi connectivity index (χ0n) is 9.69. The van der Waals surface area contributed by atoms with Crippen molar-refractivity contribution in [3.05, 3.63) is 23.8 Å². The fraction of sp³-hybridized carbons (Fsp3) is 0.250. The summed E-state index contributed by atoms with van der Waals surface area (Å²) in [5.41, 5.74) is 1.04. The highest BCUT2D eigenvalue weighted by Gasteiger charge is 2.30. The van der Waals surface area contributed by atoms with Crippen molar-refractivity contribution in [2.75, 3.05) is 12.4 Å². The van der Waals surface area contributed by atoms with Crippen molar-refractivity contribution in [1.82, 2.24) is 5.32 Å². The van der Waals surface area contributed by atoms with E-state index in [9.17, 15) is 9.59 Å². The first-order valence-electron chi connectivity index (χ1n) is 5.32. The third-order valence-corrected chi connectivity index (χ3v) is 2.63. The summed E-state index contributed by atoms with van der Waals surface area (Å²) >= 11 is 0. The molecular weight excluding hydrogens is 234 g/mol. The lowest BCUT2D eigenvalue weighted by Gasteiger charge is -2.14. The molecular formula is C12H11N3O3. The number of hydrogen-bond donors (Lipinski definition) is 2. The van der Waals surface area contributed by atoms with E-state index in [-0.39, 0.29) is 18.2 Å². The number of nitrogens with zero attached hydrogens (tertiary/aromatic N) is 1. The Bertz CT molecular complexity index is 548. The summed E-state index contributed by atoms with van der Waals surface area (Å²) in [6.07, 6.45) is 0.0992. The maximum Gasteiger partial charge on any atom is 0.249 e. The zero-order valence-corrected chi connectivity index (χ0v) is 9.69. The lowest BCUT2D eigenvalue weighted by Crippen LogP contribution is -2.30. The van der Waals surface area contributed by atoms with Crippen LogP contribution in [0.4, 0.5) is 5.69 Å². The second-order valence-electron chi connectivity index (χ2n) is 3.84. The standard InChI is InChI=1S/C12H11N3O3/c1-18-10-4-7(6-13)2-3-8(10)14-9-5-11(16)15-12(9)17/h2-4,9,14H,5H2,1H3,(H,15,16,17). The van der Waals surface area contributed by atoms with E-state index < -0.39 is 6.04 Å².